The minimum atomic E-state index is -0.211. The molecule has 0 unspecified atom stereocenters. The van der Waals surface area contributed by atoms with E-state index in [0.717, 1.165) is 29.9 Å². The van der Waals surface area contributed by atoms with E-state index < -0.39 is 0 Å². The normalized spacial score (nSPS) is 22.2. The van der Waals surface area contributed by atoms with Gasteiger partial charge in [-0.2, -0.15) is 0 Å². The van der Waals surface area contributed by atoms with Crippen molar-refractivity contribution in [2.24, 2.45) is 11.7 Å². The van der Waals surface area contributed by atoms with Gasteiger partial charge in [0, 0.05) is 11.5 Å². The van der Waals surface area contributed by atoms with Gasteiger partial charge in [-0.25, -0.2) is 9.37 Å². The fourth-order valence-electron chi connectivity index (χ4n) is 5.22. The van der Waals surface area contributed by atoms with Crippen LogP contribution in [0.3, 0.4) is 0 Å². The molecule has 4 heteroatoms. The van der Waals surface area contributed by atoms with E-state index in [1.807, 2.05) is 6.20 Å². The maximum absolute atomic E-state index is 13.2. The highest BCUT2D eigenvalue weighted by atomic mass is 19.1. The molecule has 2 saturated carbocycles. The Balaban J connectivity index is 1.66. The number of nitrogens with one attached hydrogen (secondary N) is 1. The molecule has 2 aromatic rings. The van der Waals surface area contributed by atoms with Crippen LogP contribution in [0.1, 0.15) is 76.0 Å². The molecule has 1 heterocycles. The first-order chi connectivity index (χ1) is 12.7. The minimum absolute atomic E-state index is 0.141. The molecule has 2 fully saturated rings. The van der Waals surface area contributed by atoms with Crippen molar-refractivity contribution in [1.29, 1.82) is 0 Å². The van der Waals surface area contributed by atoms with E-state index in [-0.39, 0.29) is 11.4 Å². The Morgan fingerprint density at radius 3 is 2.35 bits per heavy atom. The number of H-pyrrole nitrogens is 1. The van der Waals surface area contributed by atoms with Crippen LogP contribution in [0.5, 0.6) is 0 Å². The molecule has 1 aromatic carbocycles. The summed E-state index contributed by atoms with van der Waals surface area (Å²) in [5.74, 6) is 1.76. The Labute approximate surface area is 155 Å². The molecule has 2 aliphatic carbocycles. The lowest BCUT2D eigenvalue weighted by Crippen LogP contribution is -2.50. The van der Waals surface area contributed by atoms with Crippen molar-refractivity contribution >= 4 is 0 Å². The van der Waals surface area contributed by atoms with Crippen LogP contribution in [0, 0.1) is 11.7 Å². The van der Waals surface area contributed by atoms with Gasteiger partial charge in [-0.1, -0.05) is 38.5 Å². The molecule has 0 radical (unpaired) electrons. The lowest BCUT2D eigenvalue weighted by Gasteiger charge is -2.44. The number of aromatic amines is 1. The Hall–Kier alpha value is -1.68. The summed E-state index contributed by atoms with van der Waals surface area (Å²) in [5.41, 5.74) is 8.82. The van der Waals surface area contributed by atoms with Gasteiger partial charge in [-0.05, 0) is 61.4 Å². The quantitative estimate of drug-likeness (QED) is 0.756. The van der Waals surface area contributed by atoms with Gasteiger partial charge in [0.15, 0.2) is 0 Å². The number of hydrogen-bond acceptors (Lipinski definition) is 2. The summed E-state index contributed by atoms with van der Waals surface area (Å²) in [6.45, 7) is 0. The Morgan fingerprint density at radius 2 is 1.65 bits per heavy atom. The highest BCUT2D eigenvalue weighted by Crippen LogP contribution is 2.46. The fourth-order valence-corrected chi connectivity index (χ4v) is 5.22. The molecule has 0 bridgehead atoms. The van der Waals surface area contributed by atoms with E-state index in [1.54, 1.807) is 12.1 Å². The van der Waals surface area contributed by atoms with E-state index >= 15 is 0 Å². The van der Waals surface area contributed by atoms with E-state index in [1.165, 1.54) is 63.5 Å². The Bertz CT molecular complexity index is 709. The van der Waals surface area contributed by atoms with Gasteiger partial charge in [0.2, 0.25) is 0 Å². The van der Waals surface area contributed by atoms with Crippen LogP contribution in [0.15, 0.2) is 30.5 Å². The number of halogens is 1. The summed E-state index contributed by atoms with van der Waals surface area (Å²) in [7, 11) is 0. The second-order valence-corrected chi connectivity index (χ2v) is 8.36. The molecule has 2 aliphatic rings. The predicted molar refractivity (Wildman–Crippen MR) is 103 cm³/mol. The average Bonchev–Trinajstić information content (AvgIpc) is 3.13. The Morgan fingerprint density at radius 1 is 1.00 bits per heavy atom. The molecular formula is C22H30FN3. The first kappa shape index (κ1) is 17.7. The highest BCUT2D eigenvalue weighted by molar-refractivity contribution is 5.58. The number of nitrogens with two attached hydrogens (primary N) is 1. The van der Waals surface area contributed by atoms with E-state index in [0.29, 0.717) is 11.8 Å². The summed E-state index contributed by atoms with van der Waals surface area (Å²) >= 11 is 0. The SMILES string of the molecule is NC1([C@@H](c2ncc(-c3ccc(F)cc3)[nH]2)C2CCCCC2)CCCCC1. The second-order valence-electron chi connectivity index (χ2n) is 8.36. The Kier molecular flexibility index (Phi) is 5.12. The summed E-state index contributed by atoms with van der Waals surface area (Å²) in [6, 6.07) is 6.61. The topological polar surface area (TPSA) is 54.7 Å². The molecule has 0 saturated heterocycles. The summed E-state index contributed by atoms with van der Waals surface area (Å²) in [4.78, 5) is 8.34. The molecule has 1 aromatic heterocycles. The van der Waals surface area contributed by atoms with Crippen LogP contribution in [0.25, 0.3) is 11.3 Å². The number of nitrogens with zero attached hydrogens (tertiary/aromatic N) is 1. The zero-order valence-corrected chi connectivity index (χ0v) is 15.5. The van der Waals surface area contributed by atoms with Gasteiger partial charge in [0.1, 0.15) is 11.6 Å². The smallest absolute Gasteiger partial charge is 0.123 e. The van der Waals surface area contributed by atoms with Gasteiger partial charge in [0.25, 0.3) is 0 Å². The molecule has 0 aliphatic heterocycles. The first-order valence-corrected chi connectivity index (χ1v) is 10.3. The summed E-state index contributed by atoms with van der Waals surface area (Å²) in [6.07, 6.45) is 14.3. The van der Waals surface area contributed by atoms with Crippen molar-refractivity contribution in [3.05, 3.63) is 42.1 Å². The number of aromatic nitrogens is 2. The fraction of sp³-hybridized carbons (Fsp3) is 0.591. The summed E-state index contributed by atoms with van der Waals surface area (Å²) < 4.78 is 13.2. The van der Waals surface area contributed by atoms with Crippen LogP contribution < -0.4 is 5.73 Å². The van der Waals surface area contributed by atoms with Gasteiger partial charge in [0.05, 0.1) is 11.9 Å². The van der Waals surface area contributed by atoms with Gasteiger partial charge in [-0.15, -0.1) is 0 Å². The zero-order valence-electron chi connectivity index (χ0n) is 15.5. The van der Waals surface area contributed by atoms with Crippen LogP contribution in [0.4, 0.5) is 4.39 Å². The first-order valence-electron chi connectivity index (χ1n) is 10.3. The lowest BCUT2D eigenvalue weighted by molar-refractivity contribution is 0.162. The number of imidazole rings is 1. The van der Waals surface area contributed by atoms with Crippen LogP contribution >= 0.6 is 0 Å². The molecule has 140 valence electrons. The van der Waals surface area contributed by atoms with Crippen LogP contribution in [-0.4, -0.2) is 15.5 Å². The van der Waals surface area contributed by atoms with Crippen molar-refractivity contribution < 1.29 is 4.39 Å². The van der Waals surface area contributed by atoms with E-state index in [4.69, 9.17) is 10.7 Å². The third-order valence-corrected chi connectivity index (χ3v) is 6.57. The van der Waals surface area contributed by atoms with Crippen LogP contribution in [0.2, 0.25) is 0 Å². The molecular weight excluding hydrogens is 325 g/mol. The molecule has 0 spiro atoms. The van der Waals surface area contributed by atoms with Crippen molar-refractivity contribution in [2.75, 3.05) is 0 Å². The van der Waals surface area contributed by atoms with Crippen molar-refractivity contribution in [2.45, 2.75) is 75.7 Å². The number of hydrogen-bond donors (Lipinski definition) is 2. The lowest BCUT2D eigenvalue weighted by atomic mass is 9.65. The van der Waals surface area contributed by atoms with Gasteiger partial charge >= 0.3 is 0 Å². The minimum Gasteiger partial charge on any atom is -0.342 e. The molecule has 0 amide bonds. The van der Waals surface area contributed by atoms with Crippen molar-refractivity contribution in [1.82, 2.24) is 9.97 Å². The maximum atomic E-state index is 13.2. The molecule has 3 nitrogen and oxygen atoms in total. The van der Waals surface area contributed by atoms with Crippen molar-refractivity contribution in [3.8, 4) is 11.3 Å². The van der Waals surface area contributed by atoms with E-state index in [2.05, 4.69) is 4.98 Å². The third kappa shape index (κ3) is 3.57. The second kappa shape index (κ2) is 7.51. The standard InChI is InChI=1S/C22H30FN3/c23-18-11-9-16(10-12-18)19-15-25-21(26-19)20(17-7-3-1-4-8-17)22(24)13-5-2-6-14-22/h9-12,15,17,20H,1-8,13-14,24H2,(H,25,26)/t20-/m1/s1. The largest absolute Gasteiger partial charge is 0.342 e. The van der Waals surface area contributed by atoms with Gasteiger partial charge in [-0.3, -0.25) is 0 Å². The maximum Gasteiger partial charge on any atom is 0.123 e. The van der Waals surface area contributed by atoms with Crippen molar-refractivity contribution in [3.63, 3.8) is 0 Å². The van der Waals surface area contributed by atoms with Crippen LogP contribution in [-0.2, 0) is 0 Å². The average molecular weight is 356 g/mol. The zero-order chi connectivity index (χ0) is 18.0. The van der Waals surface area contributed by atoms with E-state index in [9.17, 15) is 4.39 Å². The monoisotopic (exact) mass is 355 g/mol. The predicted octanol–water partition coefficient (Wildman–Crippen LogP) is 5.54. The molecule has 4 rings (SSSR count). The molecule has 26 heavy (non-hydrogen) atoms. The highest BCUT2D eigenvalue weighted by Gasteiger charge is 2.43. The molecule has 3 N–H and O–H groups in total. The third-order valence-electron chi connectivity index (χ3n) is 6.57. The number of benzene rings is 1. The molecule has 1 atom stereocenters. The van der Waals surface area contributed by atoms with Gasteiger partial charge < -0.3 is 10.7 Å². The summed E-state index contributed by atoms with van der Waals surface area (Å²) in [5, 5.41) is 0. The number of rotatable bonds is 4.